The van der Waals surface area contributed by atoms with Gasteiger partial charge in [0.15, 0.2) is 0 Å². The molecule has 0 fully saturated rings. The summed E-state index contributed by atoms with van der Waals surface area (Å²) in [6.45, 7) is 0. The van der Waals surface area contributed by atoms with E-state index in [1.807, 2.05) is 0 Å². The minimum absolute atomic E-state index is 0.152. The van der Waals surface area contributed by atoms with E-state index in [2.05, 4.69) is 10.9 Å². The van der Waals surface area contributed by atoms with Crippen molar-refractivity contribution in [1.29, 1.82) is 0 Å². The van der Waals surface area contributed by atoms with E-state index in [-0.39, 0.29) is 16.9 Å². The van der Waals surface area contributed by atoms with E-state index in [0.29, 0.717) is 10.8 Å². The van der Waals surface area contributed by atoms with Crippen molar-refractivity contribution < 1.29 is 14.5 Å². The summed E-state index contributed by atoms with van der Waals surface area (Å²) in [6, 6.07) is 10.5. The number of hydrazine groups is 1. The summed E-state index contributed by atoms with van der Waals surface area (Å²) in [5, 5.41) is 11.3. The van der Waals surface area contributed by atoms with Crippen LogP contribution >= 0.6 is 11.6 Å². The van der Waals surface area contributed by atoms with E-state index in [9.17, 15) is 14.9 Å². The molecule has 0 spiro atoms. The molecule has 0 radical (unpaired) electrons. The highest BCUT2D eigenvalue weighted by atomic mass is 35.5. The first-order valence-corrected chi connectivity index (χ1v) is 6.54. The highest BCUT2D eigenvalue weighted by Gasteiger charge is 2.16. The summed E-state index contributed by atoms with van der Waals surface area (Å²) in [7, 11) is 1.43. The van der Waals surface area contributed by atoms with Crippen LogP contribution in [-0.4, -0.2) is 17.9 Å². The number of nitrogens with one attached hydrogen (secondary N) is 2. The Hall–Kier alpha value is -2.80. The Balaban J connectivity index is 2.17. The van der Waals surface area contributed by atoms with Crippen LogP contribution in [0.5, 0.6) is 5.75 Å². The van der Waals surface area contributed by atoms with Gasteiger partial charge in [-0.2, -0.15) is 0 Å². The third-order valence-electron chi connectivity index (χ3n) is 2.82. The molecule has 0 aliphatic carbocycles. The highest BCUT2D eigenvalue weighted by Crippen LogP contribution is 2.24. The number of halogens is 1. The monoisotopic (exact) mass is 321 g/mol. The van der Waals surface area contributed by atoms with Gasteiger partial charge in [-0.25, -0.2) is 0 Å². The Morgan fingerprint density at radius 3 is 2.68 bits per heavy atom. The molecule has 7 nitrogen and oxygen atoms in total. The minimum atomic E-state index is -0.547. The van der Waals surface area contributed by atoms with Gasteiger partial charge in [-0.3, -0.25) is 25.8 Å². The number of nitrogens with zero attached hydrogens (tertiary/aromatic N) is 1. The molecule has 0 aromatic heterocycles. The topological polar surface area (TPSA) is 93.5 Å². The number of para-hydroxylation sites is 2. The molecule has 0 aliphatic rings. The zero-order valence-electron chi connectivity index (χ0n) is 11.5. The Morgan fingerprint density at radius 2 is 2.00 bits per heavy atom. The van der Waals surface area contributed by atoms with Crippen LogP contribution in [0.4, 0.5) is 11.4 Å². The number of anilines is 1. The molecule has 114 valence electrons. The Bertz CT molecular complexity index is 721. The van der Waals surface area contributed by atoms with Crippen molar-refractivity contribution in [2.24, 2.45) is 0 Å². The second kappa shape index (κ2) is 6.77. The lowest BCUT2D eigenvalue weighted by Gasteiger charge is -2.11. The molecule has 0 heterocycles. The lowest BCUT2D eigenvalue weighted by Crippen LogP contribution is -2.30. The molecule has 8 heteroatoms. The van der Waals surface area contributed by atoms with Gasteiger partial charge in [-0.15, -0.1) is 0 Å². The van der Waals surface area contributed by atoms with E-state index in [0.717, 1.165) is 0 Å². The zero-order chi connectivity index (χ0) is 16.1. The number of hydrogen-bond acceptors (Lipinski definition) is 5. The fraction of sp³-hybridized carbons (Fsp3) is 0.0714. The first-order chi connectivity index (χ1) is 10.5. The number of carbonyl (C=O) groups is 1. The maximum absolute atomic E-state index is 12.1. The quantitative estimate of drug-likeness (QED) is 0.652. The summed E-state index contributed by atoms with van der Waals surface area (Å²) in [5.41, 5.74) is 5.13. The SMILES string of the molecule is COc1ccc(Cl)cc1C(=O)NNc1ccccc1[N+](=O)[O-]. The summed E-state index contributed by atoms with van der Waals surface area (Å²) >= 11 is 5.86. The van der Waals surface area contributed by atoms with E-state index >= 15 is 0 Å². The van der Waals surface area contributed by atoms with Crippen LogP contribution in [0.3, 0.4) is 0 Å². The van der Waals surface area contributed by atoms with Gasteiger partial charge >= 0.3 is 0 Å². The van der Waals surface area contributed by atoms with Crippen molar-refractivity contribution in [2.75, 3.05) is 12.5 Å². The van der Waals surface area contributed by atoms with Crippen LogP contribution in [0.15, 0.2) is 42.5 Å². The maximum Gasteiger partial charge on any atom is 0.294 e. The second-order valence-corrected chi connectivity index (χ2v) is 4.63. The normalized spacial score (nSPS) is 9.91. The molecule has 2 N–H and O–H groups in total. The molecule has 0 unspecified atom stereocenters. The van der Waals surface area contributed by atoms with Gasteiger partial charge in [0.05, 0.1) is 17.6 Å². The number of nitro benzene ring substituents is 1. The third kappa shape index (κ3) is 3.44. The highest BCUT2D eigenvalue weighted by molar-refractivity contribution is 6.31. The van der Waals surface area contributed by atoms with Gasteiger partial charge in [0.25, 0.3) is 11.6 Å². The molecular formula is C14H12ClN3O4. The molecule has 0 saturated heterocycles. The first-order valence-electron chi connectivity index (χ1n) is 6.16. The molecule has 2 aromatic rings. The summed E-state index contributed by atoms with van der Waals surface area (Å²) < 4.78 is 5.08. The Kier molecular flexibility index (Phi) is 4.80. The van der Waals surface area contributed by atoms with Gasteiger partial charge in [0.1, 0.15) is 11.4 Å². The van der Waals surface area contributed by atoms with Crippen LogP contribution in [0.25, 0.3) is 0 Å². The number of carbonyl (C=O) groups excluding carboxylic acids is 1. The molecule has 2 rings (SSSR count). The first kappa shape index (κ1) is 15.6. The fourth-order valence-electron chi connectivity index (χ4n) is 1.79. The predicted octanol–water partition coefficient (Wildman–Crippen LogP) is 3.01. The van der Waals surface area contributed by atoms with Gasteiger partial charge in [0, 0.05) is 11.1 Å². The maximum atomic E-state index is 12.1. The fourth-order valence-corrected chi connectivity index (χ4v) is 1.96. The summed E-state index contributed by atoms with van der Waals surface area (Å²) in [6.07, 6.45) is 0. The van der Waals surface area contributed by atoms with Gasteiger partial charge in [-0.05, 0) is 24.3 Å². The number of nitro groups is 1. The van der Waals surface area contributed by atoms with Crippen LogP contribution in [-0.2, 0) is 0 Å². The van der Waals surface area contributed by atoms with Crippen LogP contribution < -0.4 is 15.6 Å². The summed E-state index contributed by atoms with van der Waals surface area (Å²) in [5.74, 6) is -0.191. The molecule has 0 bridgehead atoms. The largest absolute Gasteiger partial charge is 0.496 e. The lowest BCUT2D eigenvalue weighted by molar-refractivity contribution is -0.384. The molecule has 0 saturated carbocycles. The summed E-state index contributed by atoms with van der Waals surface area (Å²) in [4.78, 5) is 22.5. The van der Waals surface area contributed by atoms with Crippen molar-refractivity contribution >= 4 is 28.9 Å². The van der Waals surface area contributed by atoms with E-state index in [1.54, 1.807) is 18.2 Å². The number of amides is 1. The van der Waals surface area contributed by atoms with Crippen molar-refractivity contribution in [2.45, 2.75) is 0 Å². The molecule has 0 aliphatic heterocycles. The van der Waals surface area contributed by atoms with E-state index < -0.39 is 10.8 Å². The van der Waals surface area contributed by atoms with Crippen molar-refractivity contribution in [3.05, 3.63) is 63.2 Å². The standard InChI is InChI=1S/C14H12ClN3O4/c1-22-13-7-6-9(15)8-10(13)14(19)17-16-11-4-2-3-5-12(11)18(20)21/h2-8,16H,1H3,(H,17,19). The van der Waals surface area contributed by atoms with Crippen molar-refractivity contribution in [1.82, 2.24) is 5.43 Å². The number of benzene rings is 2. The Labute approximate surface area is 131 Å². The van der Waals surface area contributed by atoms with E-state index in [4.69, 9.17) is 16.3 Å². The number of methoxy groups -OCH3 is 1. The van der Waals surface area contributed by atoms with Crippen molar-refractivity contribution in [3.8, 4) is 5.75 Å². The van der Waals surface area contributed by atoms with Gasteiger partial charge < -0.3 is 4.74 Å². The lowest BCUT2D eigenvalue weighted by atomic mass is 10.2. The number of rotatable bonds is 5. The number of hydrogen-bond donors (Lipinski definition) is 2. The van der Waals surface area contributed by atoms with Gasteiger partial charge in [0.2, 0.25) is 0 Å². The van der Waals surface area contributed by atoms with Crippen LogP contribution in [0.2, 0.25) is 5.02 Å². The average molecular weight is 322 g/mol. The minimum Gasteiger partial charge on any atom is -0.496 e. The third-order valence-corrected chi connectivity index (χ3v) is 3.05. The van der Waals surface area contributed by atoms with E-state index in [1.165, 1.54) is 31.4 Å². The molecule has 1 amide bonds. The second-order valence-electron chi connectivity index (χ2n) is 4.20. The van der Waals surface area contributed by atoms with Gasteiger partial charge in [-0.1, -0.05) is 23.7 Å². The van der Waals surface area contributed by atoms with Crippen molar-refractivity contribution in [3.63, 3.8) is 0 Å². The molecule has 2 aromatic carbocycles. The molecule has 0 atom stereocenters. The smallest absolute Gasteiger partial charge is 0.294 e. The average Bonchev–Trinajstić information content (AvgIpc) is 2.52. The Morgan fingerprint density at radius 1 is 1.27 bits per heavy atom. The van der Waals surface area contributed by atoms with Crippen LogP contribution in [0, 0.1) is 10.1 Å². The zero-order valence-corrected chi connectivity index (χ0v) is 12.3. The van der Waals surface area contributed by atoms with Crippen LogP contribution in [0.1, 0.15) is 10.4 Å². The predicted molar refractivity (Wildman–Crippen MR) is 82.2 cm³/mol. The molecular weight excluding hydrogens is 310 g/mol. The molecule has 22 heavy (non-hydrogen) atoms. The number of ether oxygens (including phenoxy) is 1.